The van der Waals surface area contributed by atoms with E-state index in [-0.39, 0.29) is 0 Å². The smallest absolute Gasteiger partial charge is 0.263 e. The van der Waals surface area contributed by atoms with Gasteiger partial charge in [-0.2, -0.15) is 0 Å². The fourth-order valence-corrected chi connectivity index (χ4v) is 2.14. The van der Waals surface area contributed by atoms with Crippen LogP contribution in [0.1, 0.15) is 13.8 Å². The summed E-state index contributed by atoms with van der Waals surface area (Å²) in [6.45, 7) is 2.66. The number of rotatable bonds is 3. The topological polar surface area (TPSA) is 60.2 Å². The lowest BCUT2D eigenvalue weighted by molar-refractivity contribution is -0.530. The van der Waals surface area contributed by atoms with Gasteiger partial charge in [0.05, 0.1) is 0 Å². The lowest BCUT2D eigenvalue weighted by Crippen LogP contribution is -2.35. The van der Waals surface area contributed by atoms with Gasteiger partial charge in [-0.25, -0.2) is 4.21 Å². The van der Waals surface area contributed by atoms with Crippen molar-refractivity contribution in [2.45, 2.75) is 23.6 Å². The van der Waals surface area contributed by atoms with Crippen molar-refractivity contribution in [1.29, 1.82) is 0 Å². The third kappa shape index (κ3) is 2.54. The van der Waals surface area contributed by atoms with Gasteiger partial charge in [-0.1, -0.05) is 11.6 Å². The SMILES string of the molecule is CC(C)([N+](=O)[O-])S(=O)c1ccc(Cl)cc1. The number of benzene rings is 1. The molecule has 1 atom stereocenters. The molecule has 0 N–H and O–H groups in total. The van der Waals surface area contributed by atoms with Gasteiger partial charge in [0.2, 0.25) is 0 Å². The van der Waals surface area contributed by atoms with Crippen molar-refractivity contribution < 1.29 is 9.13 Å². The molecule has 6 heteroatoms. The van der Waals surface area contributed by atoms with Crippen LogP contribution in [-0.4, -0.2) is 14.0 Å². The zero-order valence-corrected chi connectivity index (χ0v) is 9.84. The lowest BCUT2D eigenvalue weighted by Gasteiger charge is -2.14. The highest BCUT2D eigenvalue weighted by Gasteiger charge is 2.39. The number of nitro groups is 1. The first kappa shape index (κ1) is 12.1. The Morgan fingerprint density at radius 1 is 1.33 bits per heavy atom. The van der Waals surface area contributed by atoms with Gasteiger partial charge < -0.3 is 0 Å². The average molecular weight is 248 g/mol. The molecule has 0 aliphatic heterocycles. The molecule has 0 aliphatic carbocycles. The molecule has 1 rings (SSSR count). The molecule has 4 nitrogen and oxygen atoms in total. The molecule has 0 aliphatic rings. The van der Waals surface area contributed by atoms with Gasteiger partial charge in [0, 0.05) is 28.7 Å². The summed E-state index contributed by atoms with van der Waals surface area (Å²) in [5, 5.41) is 11.2. The van der Waals surface area contributed by atoms with Crippen molar-refractivity contribution in [2.24, 2.45) is 0 Å². The molecule has 0 saturated carbocycles. The molecule has 15 heavy (non-hydrogen) atoms. The van der Waals surface area contributed by atoms with Crippen molar-refractivity contribution in [3.05, 3.63) is 39.4 Å². The predicted molar refractivity (Wildman–Crippen MR) is 58.9 cm³/mol. The Morgan fingerprint density at radius 3 is 2.20 bits per heavy atom. The Balaban J connectivity index is 3.05. The van der Waals surface area contributed by atoms with E-state index < -0.39 is 20.6 Å². The second-order valence-electron chi connectivity index (χ2n) is 3.43. The molecule has 0 aromatic heterocycles. The van der Waals surface area contributed by atoms with E-state index in [1.165, 1.54) is 26.0 Å². The standard InChI is InChI=1S/C9H10ClNO3S/c1-9(2,11(12)13)15(14)8-5-3-7(10)4-6-8/h3-6H,1-2H3. The molecular formula is C9H10ClNO3S. The summed E-state index contributed by atoms with van der Waals surface area (Å²) in [6, 6.07) is 6.18. The van der Waals surface area contributed by atoms with Gasteiger partial charge in [0.1, 0.15) is 10.8 Å². The van der Waals surface area contributed by atoms with E-state index in [2.05, 4.69) is 0 Å². The summed E-state index contributed by atoms with van der Waals surface area (Å²) in [7, 11) is -1.69. The largest absolute Gasteiger partial charge is 0.293 e. The molecule has 82 valence electrons. The van der Waals surface area contributed by atoms with E-state index in [0.29, 0.717) is 9.92 Å². The second kappa shape index (κ2) is 4.28. The van der Waals surface area contributed by atoms with Crippen molar-refractivity contribution in [2.75, 3.05) is 0 Å². The van der Waals surface area contributed by atoms with Crippen LogP contribution in [-0.2, 0) is 10.8 Å². The highest BCUT2D eigenvalue weighted by Crippen LogP contribution is 2.22. The molecule has 0 heterocycles. The fourth-order valence-electron chi connectivity index (χ4n) is 0.914. The van der Waals surface area contributed by atoms with Crippen molar-refractivity contribution in [1.82, 2.24) is 0 Å². The van der Waals surface area contributed by atoms with Gasteiger partial charge in [0.25, 0.3) is 4.87 Å². The number of nitrogens with zero attached hydrogens (tertiary/aromatic N) is 1. The van der Waals surface area contributed by atoms with E-state index in [9.17, 15) is 14.3 Å². The van der Waals surface area contributed by atoms with Crippen LogP contribution < -0.4 is 0 Å². The third-order valence-electron chi connectivity index (χ3n) is 1.92. The highest BCUT2D eigenvalue weighted by atomic mass is 35.5. The first-order valence-corrected chi connectivity index (χ1v) is 5.70. The molecule has 1 aromatic rings. The Morgan fingerprint density at radius 2 is 1.80 bits per heavy atom. The van der Waals surface area contributed by atoms with Crippen molar-refractivity contribution in [3.63, 3.8) is 0 Å². The quantitative estimate of drug-likeness (QED) is 0.609. The maximum atomic E-state index is 11.8. The van der Waals surface area contributed by atoms with Crippen LogP contribution in [0.3, 0.4) is 0 Å². The summed E-state index contributed by atoms with van der Waals surface area (Å²) < 4.78 is 11.8. The third-order valence-corrected chi connectivity index (χ3v) is 3.93. The van der Waals surface area contributed by atoms with E-state index in [0.717, 1.165) is 0 Å². The van der Waals surface area contributed by atoms with Crippen LogP contribution >= 0.6 is 11.6 Å². The minimum Gasteiger partial charge on any atom is -0.263 e. The molecule has 1 aromatic carbocycles. The summed E-state index contributed by atoms with van der Waals surface area (Å²) >= 11 is 5.66. The zero-order valence-electron chi connectivity index (χ0n) is 8.27. The Hall–Kier alpha value is -0.940. The summed E-state index contributed by atoms with van der Waals surface area (Å²) in [5.41, 5.74) is 0. The van der Waals surface area contributed by atoms with Crippen LogP contribution in [0.4, 0.5) is 0 Å². The zero-order chi connectivity index (χ0) is 11.6. The van der Waals surface area contributed by atoms with E-state index in [1.54, 1.807) is 12.1 Å². The average Bonchev–Trinajstić information content (AvgIpc) is 2.17. The van der Waals surface area contributed by atoms with Crippen LogP contribution in [0.25, 0.3) is 0 Å². The van der Waals surface area contributed by atoms with Crippen LogP contribution in [0.2, 0.25) is 5.02 Å². The minimum absolute atomic E-state index is 0.404. The molecule has 0 radical (unpaired) electrons. The van der Waals surface area contributed by atoms with Gasteiger partial charge in [0.15, 0.2) is 0 Å². The molecule has 0 fully saturated rings. The van der Waals surface area contributed by atoms with Crippen LogP contribution in [0.15, 0.2) is 29.2 Å². The fraction of sp³-hybridized carbons (Fsp3) is 0.333. The highest BCUT2D eigenvalue weighted by molar-refractivity contribution is 7.86. The van der Waals surface area contributed by atoms with Crippen molar-refractivity contribution in [3.8, 4) is 0 Å². The Bertz CT molecular complexity index is 402. The van der Waals surface area contributed by atoms with Gasteiger partial charge >= 0.3 is 0 Å². The summed E-state index contributed by atoms with van der Waals surface area (Å²) in [5.74, 6) is 0. The Labute approximate surface area is 94.9 Å². The van der Waals surface area contributed by atoms with Crippen molar-refractivity contribution >= 4 is 22.4 Å². The normalized spacial score (nSPS) is 13.5. The molecule has 0 saturated heterocycles. The van der Waals surface area contributed by atoms with E-state index in [1.807, 2.05) is 0 Å². The second-order valence-corrected chi connectivity index (χ2v) is 5.87. The number of hydrogen-bond acceptors (Lipinski definition) is 3. The van der Waals surface area contributed by atoms with Crippen LogP contribution in [0.5, 0.6) is 0 Å². The number of hydrogen-bond donors (Lipinski definition) is 0. The minimum atomic E-state index is -1.69. The summed E-state index contributed by atoms with van der Waals surface area (Å²) in [4.78, 5) is 9.06. The van der Waals surface area contributed by atoms with Gasteiger partial charge in [-0.05, 0) is 24.3 Å². The lowest BCUT2D eigenvalue weighted by atomic mass is 10.4. The van der Waals surface area contributed by atoms with Gasteiger partial charge in [-0.15, -0.1) is 0 Å². The molecular weight excluding hydrogens is 238 g/mol. The monoisotopic (exact) mass is 247 g/mol. The van der Waals surface area contributed by atoms with E-state index in [4.69, 9.17) is 11.6 Å². The predicted octanol–water partition coefficient (Wildman–Crippen LogP) is 2.46. The Kier molecular flexibility index (Phi) is 3.46. The van der Waals surface area contributed by atoms with Gasteiger partial charge in [-0.3, -0.25) is 10.1 Å². The number of halogens is 1. The maximum Gasteiger partial charge on any atom is 0.293 e. The molecule has 0 spiro atoms. The molecule has 1 unspecified atom stereocenters. The molecule has 0 amide bonds. The first-order valence-electron chi connectivity index (χ1n) is 4.17. The first-order chi connectivity index (χ1) is 6.85. The maximum absolute atomic E-state index is 11.8. The summed E-state index contributed by atoms with van der Waals surface area (Å²) in [6.07, 6.45) is 0. The molecule has 0 bridgehead atoms. The van der Waals surface area contributed by atoms with Crippen LogP contribution in [0, 0.1) is 10.1 Å². The van der Waals surface area contributed by atoms with E-state index >= 15 is 0 Å².